The minimum atomic E-state index is -1.17. The van der Waals surface area contributed by atoms with Gasteiger partial charge in [-0.3, -0.25) is 0 Å². The van der Waals surface area contributed by atoms with E-state index in [1.807, 2.05) is 18.7 Å². The molecule has 1 unspecified atom stereocenters. The van der Waals surface area contributed by atoms with Crippen LogP contribution in [0.25, 0.3) is 11.0 Å². The van der Waals surface area contributed by atoms with Crippen LogP contribution >= 0.6 is 0 Å². The van der Waals surface area contributed by atoms with E-state index in [0.717, 1.165) is 6.07 Å². The number of hydrogen-bond acceptors (Lipinski definition) is 5. The van der Waals surface area contributed by atoms with Gasteiger partial charge in [-0.15, -0.1) is 0 Å². The van der Waals surface area contributed by atoms with Gasteiger partial charge in [-0.05, 0) is 0 Å². The van der Waals surface area contributed by atoms with Crippen molar-refractivity contribution in [1.29, 1.82) is 0 Å². The third-order valence-electron chi connectivity index (χ3n) is 5.38. The number of carboxylic acid groups (broad SMARTS) is 1. The Morgan fingerprint density at radius 3 is 2.56 bits per heavy atom. The zero-order valence-corrected chi connectivity index (χ0v) is 19.3. The number of morpholine rings is 1. The number of carbonyl (C=O) groups is 1. The van der Waals surface area contributed by atoms with Crippen LogP contribution in [0.2, 0.25) is 0 Å². The first-order valence-corrected chi connectivity index (χ1v) is 12.1. The average Bonchev–Trinajstić information content (AvgIpc) is 2.72. The summed E-state index contributed by atoms with van der Waals surface area (Å²) in [7, 11) is 0. The van der Waals surface area contributed by atoms with Gasteiger partial charge in [0.05, 0.1) is 0 Å². The fourth-order valence-electron chi connectivity index (χ4n) is 3.81. The topological polar surface area (TPSA) is 80.0 Å². The van der Waals surface area contributed by atoms with E-state index in [4.69, 9.17) is 9.15 Å². The van der Waals surface area contributed by atoms with E-state index in [0.29, 0.717) is 41.1 Å². The molecule has 2 aromatic carbocycles. The van der Waals surface area contributed by atoms with Crippen LogP contribution in [-0.2, 0) is 4.74 Å². The Bertz CT molecular complexity index is 1220. The predicted octanol–water partition coefficient (Wildman–Crippen LogP) is 3.09. The number of hydrogen-bond donors (Lipinski definition) is 1. The van der Waals surface area contributed by atoms with Crippen LogP contribution in [0.4, 0.5) is 14.7 Å². The molecule has 1 fully saturated rings. The van der Waals surface area contributed by atoms with Crippen molar-refractivity contribution in [3.63, 3.8) is 0 Å². The van der Waals surface area contributed by atoms with Gasteiger partial charge in [0.2, 0.25) is 0 Å². The second-order valence-electron chi connectivity index (χ2n) is 7.75. The van der Waals surface area contributed by atoms with Gasteiger partial charge in [-0.25, -0.2) is 0 Å². The minimum absolute atomic E-state index is 0.00473. The van der Waals surface area contributed by atoms with Gasteiger partial charge < -0.3 is 0 Å². The van der Waals surface area contributed by atoms with Crippen molar-refractivity contribution in [1.82, 2.24) is 0 Å². The number of benzene rings is 2. The molecule has 1 aliphatic rings. The van der Waals surface area contributed by atoms with Crippen LogP contribution in [0.15, 0.2) is 45.6 Å². The predicted molar refractivity (Wildman–Crippen MR) is 117 cm³/mol. The molecule has 0 spiro atoms. The van der Waals surface area contributed by atoms with Crippen molar-refractivity contribution in [2.45, 2.75) is 24.6 Å². The van der Waals surface area contributed by atoms with Gasteiger partial charge in [-0.2, -0.15) is 0 Å². The molecule has 6 nitrogen and oxygen atoms in total. The van der Waals surface area contributed by atoms with E-state index in [1.54, 1.807) is 0 Å². The van der Waals surface area contributed by atoms with Crippen molar-refractivity contribution in [3.05, 3.63) is 69.4 Å². The molecule has 4 rings (SSSR count). The number of anilines is 1. The van der Waals surface area contributed by atoms with E-state index in [2.05, 4.69) is 0 Å². The van der Waals surface area contributed by atoms with Gasteiger partial charge in [-0.1, -0.05) is 0 Å². The maximum atomic E-state index is 13.7. The first-order valence-electron chi connectivity index (χ1n) is 10.1. The molecule has 1 aromatic heterocycles. The van der Waals surface area contributed by atoms with Crippen molar-refractivity contribution >= 4 is 42.9 Å². The van der Waals surface area contributed by atoms with E-state index in [1.165, 1.54) is 30.3 Å². The van der Waals surface area contributed by atoms with Gasteiger partial charge in [0.15, 0.2) is 0 Å². The van der Waals surface area contributed by atoms with Gasteiger partial charge in [0, 0.05) is 0 Å². The summed E-state index contributed by atoms with van der Waals surface area (Å²) >= 11 is -0.791. The Morgan fingerprint density at radius 1 is 1.19 bits per heavy atom. The molecule has 9 heteroatoms. The van der Waals surface area contributed by atoms with Crippen molar-refractivity contribution < 1.29 is 27.8 Å². The first-order chi connectivity index (χ1) is 15.2. The second-order valence-corrected chi connectivity index (χ2v) is 11.0. The fraction of sp³-hybridized carbons (Fsp3) is 0.304. The van der Waals surface area contributed by atoms with E-state index >= 15 is 0 Å². The molecule has 1 N–H and O–H groups in total. The standard InChI is InChI=1S/C23H21AsF2NO5/c1-12-11-31-4-3-27(12)21-10-20(28)19-6-14(23(29)30)5-18(22(19)32-21)13(2)24-15-7-16(25)9-17(26)8-15/h5-10,12-13H,3-4,11H2,1-2H3,(H,29,30)/t12-,13?/m0/s1. The molecule has 2 heterocycles. The molecule has 1 saturated heterocycles. The fourth-order valence-corrected chi connectivity index (χ4v) is 6.27. The average molecular weight is 504 g/mol. The number of rotatable bonds is 5. The summed E-state index contributed by atoms with van der Waals surface area (Å²) in [5.74, 6) is -2.11. The van der Waals surface area contributed by atoms with E-state index in [-0.39, 0.29) is 27.1 Å². The van der Waals surface area contributed by atoms with Gasteiger partial charge >= 0.3 is 189 Å². The van der Waals surface area contributed by atoms with Crippen LogP contribution in [0.3, 0.4) is 0 Å². The molecule has 167 valence electrons. The summed E-state index contributed by atoms with van der Waals surface area (Å²) in [5, 5.41) is 9.72. The summed E-state index contributed by atoms with van der Waals surface area (Å²) < 4.78 is 39.2. The maximum absolute atomic E-state index is 13.7. The number of ether oxygens (including phenoxy) is 1. The molecule has 3 aromatic rings. The Balaban J connectivity index is 1.84. The zero-order valence-electron chi connectivity index (χ0n) is 17.5. The summed E-state index contributed by atoms with van der Waals surface area (Å²) in [4.78, 5) is 26.6. The van der Waals surface area contributed by atoms with Crippen molar-refractivity contribution in [2.75, 3.05) is 24.7 Å². The Kier molecular flexibility index (Phi) is 6.35. The summed E-state index contributed by atoms with van der Waals surface area (Å²) in [5.41, 5.74) is 0.454. The normalized spacial score (nSPS) is 17.9. The SMILES string of the molecule is CC([As]c1cc(F)cc(F)c1)c1cc(C(=O)O)cc2c(=O)cc(N3CCOC[C@@H]3C)oc12. The molecular formula is C23H21AsF2NO5. The van der Waals surface area contributed by atoms with Crippen molar-refractivity contribution in [3.8, 4) is 0 Å². The zero-order chi connectivity index (χ0) is 23.0. The molecule has 1 aliphatic heterocycles. The molecule has 0 saturated carbocycles. The summed E-state index contributed by atoms with van der Waals surface area (Å²) in [6.07, 6.45) is 0. The van der Waals surface area contributed by atoms with Crippen LogP contribution in [0.5, 0.6) is 0 Å². The molecule has 32 heavy (non-hydrogen) atoms. The Labute approximate surface area is 189 Å². The molecule has 0 aliphatic carbocycles. The molecular weight excluding hydrogens is 483 g/mol. The second kappa shape index (κ2) is 9.04. The number of fused-ring (bicyclic) bond motifs is 1. The van der Waals surface area contributed by atoms with Crippen LogP contribution in [0, 0.1) is 11.6 Å². The number of nitrogens with zero attached hydrogens (tertiary/aromatic N) is 1. The number of halogens is 2. The van der Waals surface area contributed by atoms with Gasteiger partial charge in [0.25, 0.3) is 0 Å². The molecule has 0 amide bonds. The number of carboxylic acids is 1. The molecule has 2 atom stereocenters. The summed E-state index contributed by atoms with van der Waals surface area (Å²) in [6, 6.07) is 7.54. The Morgan fingerprint density at radius 2 is 1.91 bits per heavy atom. The number of aromatic carboxylic acids is 1. The van der Waals surface area contributed by atoms with Gasteiger partial charge in [0.1, 0.15) is 0 Å². The monoisotopic (exact) mass is 504 g/mol. The molecule has 1 radical (unpaired) electrons. The van der Waals surface area contributed by atoms with Crippen LogP contribution in [0.1, 0.15) is 34.5 Å². The molecule has 0 bridgehead atoms. The summed E-state index contributed by atoms with van der Waals surface area (Å²) in [6.45, 7) is 5.36. The van der Waals surface area contributed by atoms with Crippen molar-refractivity contribution in [2.24, 2.45) is 0 Å². The van der Waals surface area contributed by atoms with Crippen LogP contribution < -0.4 is 14.7 Å². The first kappa shape index (κ1) is 22.5. The Hall–Kier alpha value is -2.70. The van der Waals surface area contributed by atoms with E-state index in [9.17, 15) is 23.5 Å². The van der Waals surface area contributed by atoms with E-state index < -0.39 is 33.4 Å². The quantitative estimate of drug-likeness (QED) is 0.539. The van der Waals surface area contributed by atoms with Crippen LogP contribution in [-0.4, -0.2) is 52.6 Å². The third-order valence-corrected chi connectivity index (χ3v) is 7.95. The third kappa shape index (κ3) is 4.57.